The molecule has 0 fully saturated rings. The third-order valence-electron chi connectivity index (χ3n) is 2.72. The van der Waals surface area contributed by atoms with Gasteiger partial charge < -0.3 is 15.9 Å². The molecule has 0 aliphatic carbocycles. The summed E-state index contributed by atoms with van der Waals surface area (Å²) in [6, 6.07) is 5.01. The lowest BCUT2D eigenvalue weighted by atomic mass is 10.1. The van der Waals surface area contributed by atoms with E-state index < -0.39 is 0 Å². The van der Waals surface area contributed by atoms with Crippen molar-refractivity contribution >= 4 is 17.3 Å². The number of nitrogen functional groups attached to an aromatic ring is 1. The minimum atomic E-state index is -0.364. The van der Waals surface area contributed by atoms with Crippen LogP contribution in [0.15, 0.2) is 18.2 Å². The van der Waals surface area contributed by atoms with E-state index in [0.29, 0.717) is 5.69 Å². The van der Waals surface area contributed by atoms with Crippen molar-refractivity contribution in [3.8, 4) is 0 Å². The fraction of sp³-hybridized carbons (Fsp3) is 0.417. The lowest BCUT2D eigenvalue weighted by Crippen LogP contribution is -2.38. The van der Waals surface area contributed by atoms with Gasteiger partial charge in [0.05, 0.1) is 7.11 Å². The molecule has 1 unspecified atom stereocenters. The molecule has 3 N–H and O–H groups in total. The maximum atomic E-state index is 11.9. The fourth-order valence-electron chi connectivity index (χ4n) is 1.39. The van der Waals surface area contributed by atoms with Gasteiger partial charge in [-0.1, -0.05) is 0 Å². The number of rotatable bonds is 4. The van der Waals surface area contributed by atoms with Crippen molar-refractivity contribution in [2.75, 3.05) is 25.2 Å². The topological polar surface area (TPSA) is 67.6 Å². The second kappa shape index (κ2) is 5.65. The first-order valence-electron chi connectivity index (χ1n) is 5.39. The summed E-state index contributed by atoms with van der Waals surface area (Å²) in [5.74, 6) is -0.123. The van der Waals surface area contributed by atoms with E-state index in [-0.39, 0.29) is 11.9 Å². The third-order valence-corrected chi connectivity index (χ3v) is 2.72. The second-order valence-corrected chi connectivity index (χ2v) is 3.97. The molecule has 0 spiro atoms. The summed E-state index contributed by atoms with van der Waals surface area (Å²) in [4.78, 5) is 16.9. The Morgan fingerprint density at radius 2 is 2.18 bits per heavy atom. The van der Waals surface area contributed by atoms with E-state index in [0.717, 1.165) is 11.3 Å². The fourth-order valence-corrected chi connectivity index (χ4v) is 1.39. The van der Waals surface area contributed by atoms with Gasteiger partial charge >= 0.3 is 0 Å². The average Bonchev–Trinajstić information content (AvgIpc) is 2.30. The van der Waals surface area contributed by atoms with Gasteiger partial charge in [-0.25, -0.2) is 0 Å². The second-order valence-electron chi connectivity index (χ2n) is 3.97. The molecule has 0 saturated heterocycles. The third kappa shape index (κ3) is 3.44. The SMILES string of the molecule is CON(C)C(C)C(=O)Nc1ccc(N)cc1C. The van der Waals surface area contributed by atoms with Crippen molar-refractivity contribution < 1.29 is 9.63 Å². The first kappa shape index (κ1) is 13.5. The van der Waals surface area contributed by atoms with Crippen LogP contribution in [0.5, 0.6) is 0 Å². The van der Waals surface area contributed by atoms with Gasteiger partial charge in [-0.2, -0.15) is 5.06 Å². The number of amides is 1. The Morgan fingerprint density at radius 1 is 1.53 bits per heavy atom. The predicted octanol–water partition coefficient (Wildman–Crippen LogP) is 1.40. The van der Waals surface area contributed by atoms with E-state index in [4.69, 9.17) is 10.6 Å². The molecule has 1 aromatic rings. The normalized spacial score (nSPS) is 12.5. The van der Waals surface area contributed by atoms with E-state index in [9.17, 15) is 4.79 Å². The Labute approximate surface area is 101 Å². The van der Waals surface area contributed by atoms with Gasteiger partial charge in [0.15, 0.2) is 0 Å². The zero-order chi connectivity index (χ0) is 13.0. The first-order chi connectivity index (χ1) is 7.95. The molecule has 0 aliphatic rings. The van der Waals surface area contributed by atoms with Gasteiger partial charge in [-0.15, -0.1) is 0 Å². The van der Waals surface area contributed by atoms with E-state index >= 15 is 0 Å². The number of carbonyl (C=O) groups is 1. The van der Waals surface area contributed by atoms with Crippen molar-refractivity contribution in [1.29, 1.82) is 0 Å². The van der Waals surface area contributed by atoms with Gasteiger partial charge in [0.25, 0.3) is 0 Å². The van der Waals surface area contributed by atoms with E-state index in [1.165, 1.54) is 12.2 Å². The van der Waals surface area contributed by atoms with Crippen LogP contribution in [0.4, 0.5) is 11.4 Å². The molecule has 1 aromatic carbocycles. The summed E-state index contributed by atoms with van der Waals surface area (Å²) in [6.07, 6.45) is 0. The summed E-state index contributed by atoms with van der Waals surface area (Å²) in [6.45, 7) is 3.67. The number of hydroxylamine groups is 2. The van der Waals surface area contributed by atoms with Crippen LogP contribution in [0.3, 0.4) is 0 Å². The number of anilines is 2. The quantitative estimate of drug-likeness (QED) is 0.613. The van der Waals surface area contributed by atoms with Crippen molar-refractivity contribution in [2.24, 2.45) is 0 Å². The molecule has 0 aliphatic heterocycles. The van der Waals surface area contributed by atoms with Gasteiger partial charge in [0, 0.05) is 18.4 Å². The molecule has 0 bridgehead atoms. The van der Waals surface area contributed by atoms with Gasteiger partial charge in [0.2, 0.25) is 5.91 Å². The minimum Gasteiger partial charge on any atom is -0.399 e. The molecule has 1 rings (SSSR count). The molecule has 5 heteroatoms. The zero-order valence-corrected chi connectivity index (χ0v) is 10.7. The highest BCUT2D eigenvalue weighted by atomic mass is 16.7. The van der Waals surface area contributed by atoms with Crippen molar-refractivity contribution in [1.82, 2.24) is 5.06 Å². The number of benzene rings is 1. The van der Waals surface area contributed by atoms with E-state index in [1.54, 1.807) is 26.1 Å². The van der Waals surface area contributed by atoms with E-state index in [2.05, 4.69) is 5.32 Å². The Hall–Kier alpha value is -1.59. The molecule has 1 atom stereocenters. The molecule has 0 aromatic heterocycles. The van der Waals surface area contributed by atoms with Crippen LogP contribution in [0.25, 0.3) is 0 Å². The number of carbonyl (C=O) groups excluding carboxylic acids is 1. The number of nitrogens with one attached hydrogen (secondary N) is 1. The minimum absolute atomic E-state index is 0.123. The number of nitrogens with two attached hydrogens (primary N) is 1. The van der Waals surface area contributed by atoms with Crippen LogP contribution in [-0.2, 0) is 9.63 Å². The lowest BCUT2D eigenvalue weighted by molar-refractivity contribution is -0.154. The van der Waals surface area contributed by atoms with Crippen molar-refractivity contribution in [2.45, 2.75) is 19.9 Å². The average molecular weight is 237 g/mol. The Balaban J connectivity index is 2.74. The summed E-state index contributed by atoms with van der Waals surface area (Å²) in [7, 11) is 3.23. The molecule has 17 heavy (non-hydrogen) atoms. The molecular formula is C12H19N3O2. The number of aryl methyl sites for hydroxylation is 1. The van der Waals surface area contributed by atoms with Crippen LogP contribution >= 0.6 is 0 Å². The number of likely N-dealkylation sites (N-methyl/N-ethyl adjacent to an activating group) is 1. The van der Waals surface area contributed by atoms with Crippen molar-refractivity contribution in [3.05, 3.63) is 23.8 Å². The van der Waals surface area contributed by atoms with Crippen LogP contribution in [0, 0.1) is 6.92 Å². The van der Waals surface area contributed by atoms with Crippen LogP contribution in [-0.4, -0.2) is 31.2 Å². The Kier molecular flexibility index (Phi) is 4.48. The summed E-state index contributed by atoms with van der Waals surface area (Å²) in [5, 5.41) is 4.32. The zero-order valence-electron chi connectivity index (χ0n) is 10.7. The van der Waals surface area contributed by atoms with Crippen LogP contribution < -0.4 is 11.1 Å². The summed E-state index contributed by atoms with van der Waals surface area (Å²) >= 11 is 0. The smallest absolute Gasteiger partial charge is 0.243 e. The number of nitrogens with zero attached hydrogens (tertiary/aromatic N) is 1. The highest BCUT2D eigenvalue weighted by Gasteiger charge is 2.18. The highest BCUT2D eigenvalue weighted by molar-refractivity contribution is 5.95. The summed E-state index contributed by atoms with van der Waals surface area (Å²) < 4.78 is 0. The monoisotopic (exact) mass is 237 g/mol. The first-order valence-corrected chi connectivity index (χ1v) is 5.39. The molecule has 1 amide bonds. The number of hydrogen-bond donors (Lipinski definition) is 2. The Bertz CT molecular complexity index is 407. The van der Waals surface area contributed by atoms with Crippen LogP contribution in [0.2, 0.25) is 0 Å². The van der Waals surface area contributed by atoms with Crippen LogP contribution in [0.1, 0.15) is 12.5 Å². The highest BCUT2D eigenvalue weighted by Crippen LogP contribution is 2.18. The van der Waals surface area contributed by atoms with Gasteiger partial charge in [0.1, 0.15) is 6.04 Å². The lowest BCUT2D eigenvalue weighted by Gasteiger charge is -2.21. The van der Waals surface area contributed by atoms with Crippen molar-refractivity contribution in [3.63, 3.8) is 0 Å². The largest absolute Gasteiger partial charge is 0.399 e. The van der Waals surface area contributed by atoms with Gasteiger partial charge in [-0.05, 0) is 37.6 Å². The predicted molar refractivity (Wildman–Crippen MR) is 68.5 cm³/mol. The molecule has 94 valence electrons. The van der Waals surface area contributed by atoms with Gasteiger partial charge in [-0.3, -0.25) is 4.79 Å². The van der Waals surface area contributed by atoms with E-state index in [1.807, 2.05) is 13.0 Å². The maximum absolute atomic E-state index is 11.9. The summed E-state index contributed by atoms with van der Waals surface area (Å²) in [5.41, 5.74) is 8.03. The molecular weight excluding hydrogens is 218 g/mol. The molecule has 0 radical (unpaired) electrons. The molecule has 0 saturated carbocycles. The standard InChI is InChI=1S/C12H19N3O2/c1-8-7-10(13)5-6-11(8)14-12(16)9(2)15(3)17-4/h5-7,9H,13H2,1-4H3,(H,14,16). The number of hydrogen-bond acceptors (Lipinski definition) is 4. The maximum Gasteiger partial charge on any atom is 0.243 e. The molecule has 0 heterocycles. The molecule has 5 nitrogen and oxygen atoms in total. The Morgan fingerprint density at radius 3 is 2.71 bits per heavy atom.